The molecule has 0 amide bonds. The van der Waals surface area contributed by atoms with E-state index in [9.17, 15) is 0 Å². The lowest BCUT2D eigenvalue weighted by Crippen LogP contribution is -2.08. The van der Waals surface area contributed by atoms with Crippen molar-refractivity contribution in [1.82, 2.24) is 0 Å². The third-order valence-electron chi connectivity index (χ3n) is 2.81. The Bertz CT molecular complexity index is 570. The molecule has 4 heteroatoms. The van der Waals surface area contributed by atoms with Crippen LogP contribution in [0.4, 0.5) is 5.69 Å². The molecule has 0 heterocycles. The minimum absolute atomic E-state index is 0.417. The van der Waals surface area contributed by atoms with Crippen LogP contribution in [-0.4, -0.2) is 14.1 Å². The van der Waals surface area contributed by atoms with Gasteiger partial charge in [-0.1, -0.05) is 23.7 Å². The molecule has 0 unspecified atom stereocenters. The fourth-order valence-corrected chi connectivity index (χ4v) is 1.91. The Kier molecular flexibility index (Phi) is 4.30. The van der Waals surface area contributed by atoms with Gasteiger partial charge in [-0.25, -0.2) is 0 Å². The van der Waals surface area contributed by atoms with Crippen LogP contribution < -0.4 is 15.4 Å². The molecule has 3 nitrogen and oxygen atoms in total. The highest BCUT2D eigenvalue weighted by Crippen LogP contribution is 2.30. The quantitative estimate of drug-likeness (QED) is 0.926. The van der Waals surface area contributed by atoms with Crippen molar-refractivity contribution >= 4 is 17.3 Å². The molecule has 2 N–H and O–H groups in total. The second-order valence-electron chi connectivity index (χ2n) is 4.45. The number of hydrogen-bond acceptors (Lipinski definition) is 3. The number of ether oxygens (including phenoxy) is 1. The molecule has 2 aromatic rings. The van der Waals surface area contributed by atoms with Crippen LogP contribution in [0.25, 0.3) is 0 Å². The lowest BCUT2D eigenvalue weighted by atomic mass is 10.2. The largest absolute Gasteiger partial charge is 0.457 e. The van der Waals surface area contributed by atoms with E-state index in [4.69, 9.17) is 22.1 Å². The summed E-state index contributed by atoms with van der Waals surface area (Å²) in [5.74, 6) is 1.47. The van der Waals surface area contributed by atoms with Crippen molar-refractivity contribution in [2.24, 2.45) is 5.73 Å². The zero-order valence-electron chi connectivity index (χ0n) is 11.1. The van der Waals surface area contributed by atoms with Crippen LogP contribution in [-0.2, 0) is 6.54 Å². The maximum absolute atomic E-state index is 5.99. The van der Waals surface area contributed by atoms with Crippen LogP contribution in [0.3, 0.4) is 0 Å². The molecule has 0 aliphatic heterocycles. The van der Waals surface area contributed by atoms with E-state index in [2.05, 4.69) is 0 Å². The van der Waals surface area contributed by atoms with E-state index in [0.29, 0.717) is 17.3 Å². The molecule has 0 saturated heterocycles. The Balaban J connectivity index is 2.30. The van der Waals surface area contributed by atoms with Gasteiger partial charge in [0.05, 0.1) is 0 Å². The summed E-state index contributed by atoms with van der Waals surface area (Å²) in [6.07, 6.45) is 0. The van der Waals surface area contributed by atoms with Gasteiger partial charge in [-0.3, -0.25) is 0 Å². The van der Waals surface area contributed by atoms with Crippen molar-refractivity contribution in [2.45, 2.75) is 6.54 Å². The maximum atomic E-state index is 5.99. The zero-order valence-corrected chi connectivity index (χ0v) is 11.8. The molecule has 0 aromatic heterocycles. The standard InChI is InChI=1S/C15H17ClN2O/c1-18(2)13-4-3-5-14(9-13)19-15-8-12(16)7-6-11(15)10-17/h3-9H,10,17H2,1-2H3. The molecule has 0 atom stereocenters. The molecule has 100 valence electrons. The number of nitrogens with zero attached hydrogens (tertiary/aromatic N) is 1. The van der Waals surface area contributed by atoms with Crippen LogP contribution in [0.15, 0.2) is 42.5 Å². The molecule has 2 rings (SSSR count). The summed E-state index contributed by atoms with van der Waals surface area (Å²) < 4.78 is 5.88. The van der Waals surface area contributed by atoms with Gasteiger partial charge in [0.1, 0.15) is 11.5 Å². The van der Waals surface area contributed by atoms with Crippen molar-refractivity contribution in [1.29, 1.82) is 0 Å². The van der Waals surface area contributed by atoms with Gasteiger partial charge >= 0.3 is 0 Å². The third kappa shape index (κ3) is 3.40. The van der Waals surface area contributed by atoms with Gasteiger partial charge in [0, 0.05) is 43.0 Å². The highest BCUT2D eigenvalue weighted by Gasteiger charge is 2.06. The summed E-state index contributed by atoms with van der Waals surface area (Å²) in [5.41, 5.74) is 7.71. The zero-order chi connectivity index (χ0) is 13.8. The number of halogens is 1. The fraction of sp³-hybridized carbons (Fsp3) is 0.200. The minimum atomic E-state index is 0.417. The van der Waals surface area contributed by atoms with Crippen molar-refractivity contribution in [3.05, 3.63) is 53.1 Å². The van der Waals surface area contributed by atoms with Crippen LogP contribution in [0.1, 0.15) is 5.56 Å². The van der Waals surface area contributed by atoms with Gasteiger partial charge in [-0.15, -0.1) is 0 Å². The molecule has 0 spiro atoms. The maximum Gasteiger partial charge on any atom is 0.133 e. The number of benzene rings is 2. The van der Waals surface area contributed by atoms with Gasteiger partial charge in [-0.05, 0) is 24.3 Å². The predicted octanol–water partition coefficient (Wildman–Crippen LogP) is 3.66. The van der Waals surface area contributed by atoms with Crippen LogP contribution in [0, 0.1) is 0 Å². The van der Waals surface area contributed by atoms with Crippen LogP contribution in [0.5, 0.6) is 11.5 Å². The molecular weight excluding hydrogens is 260 g/mol. The Labute approximate surface area is 118 Å². The Morgan fingerprint density at radius 1 is 1.16 bits per heavy atom. The average Bonchev–Trinajstić information content (AvgIpc) is 2.39. The molecule has 19 heavy (non-hydrogen) atoms. The first-order chi connectivity index (χ1) is 9.10. The third-order valence-corrected chi connectivity index (χ3v) is 3.05. The van der Waals surface area contributed by atoms with E-state index in [1.54, 1.807) is 6.07 Å². The molecule has 0 bridgehead atoms. The second-order valence-corrected chi connectivity index (χ2v) is 4.89. The van der Waals surface area contributed by atoms with Gasteiger partial charge in [0.2, 0.25) is 0 Å². The monoisotopic (exact) mass is 276 g/mol. The summed E-state index contributed by atoms with van der Waals surface area (Å²) in [4.78, 5) is 2.02. The SMILES string of the molecule is CN(C)c1cccc(Oc2cc(Cl)ccc2CN)c1. The molecular formula is C15H17ClN2O. The smallest absolute Gasteiger partial charge is 0.133 e. The van der Waals surface area contributed by atoms with Gasteiger partial charge in [-0.2, -0.15) is 0 Å². The summed E-state index contributed by atoms with van der Waals surface area (Å²) in [5, 5.41) is 0.635. The lowest BCUT2D eigenvalue weighted by Gasteiger charge is -2.15. The van der Waals surface area contributed by atoms with E-state index >= 15 is 0 Å². The topological polar surface area (TPSA) is 38.5 Å². The van der Waals surface area contributed by atoms with Gasteiger partial charge in [0.25, 0.3) is 0 Å². The summed E-state index contributed by atoms with van der Waals surface area (Å²) in [7, 11) is 3.98. The first-order valence-corrected chi connectivity index (χ1v) is 6.41. The minimum Gasteiger partial charge on any atom is -0.457 e. The Morgan fingerprint density at radius 3 is 2.63 bits per heavy atom. The second kappa shape index (κ2) is 5.95. The predicted molar refractivity (Wildman–Crippen MR) is 80.2 cm³/mol. The van der Waals surface area contributed by atoms with E-state index in [1.165, 1.54) is 0 Å². The number of anilines is 1. The van der Waals surface area contributed by atoms with E-state index in [-0.39, 0.29) is 0 Å². The number of rotatable bonds is 4. The summed E-state index contributed by atoms with van der Waals surface area (Å²) in [6, 6.07) is 13.3. The molecule has 0 aliphatic carbocycles. The average molecular weight is 277 g/mol. The van der Waals surface area contributed by atoms with Gasteiger partial charge < -0.3 is 15.4 Å². The van der Waals surface area contributed by atoms with E-state index in [0.717, 1.165) is 17.0 Å². The molecule has 0 fully saturated rings. The first kappa shape index (κ1) is 13.7. The number of nitrogens with two attached hydrogens (primary N) is 1. The molecule has 0 radical (unpaired) electrons. The van der Waals surface area contributed by atoms with Crippen molar-refractivity contribution in [3.8, 4) is 11.5 Å². The van der Waals surface area contributed by atoms with E-state index < -0.39 is 0 Å². The highest BCUT2D eigenvalue weighted by molar-refractivity contribution is 6.30. The van der Waals surface area contributed by atoms with Gasteiger partial charge in [0.15, 0.2) is 0 Å². The molecule has 0 aliphatic rings. The van der Waals surface area contributed by atoms with E-state index in [1.807, 2.05) is 55.4 Å². The van der Waals surface area contributed by atoms with Crippen molar-refractivity contribution in [3.63, 3.8) is 0 Å². The normalized spacial score (nSPS) is 10.3. The Hall–Kier alpha value is -1.71. The summed E-state index contributed by atoms with van der Waals surface area (Å²) >= 11 is 5.99. The summed E-state index contributed by atoms with van der Waals surface area (Å²) in [6.45, 7) is 0.417. The molecule has 0 saturated carbocycles. The first-order valence-electron chi connectivity index (χ1n) is 6.04. The van der Waals surface area contributed by atoms with Crippen LogP contribution >= 0.6 is 11.6 Å². The highest BCUT2D eigenvalue weighted by atomic mass is 35.5. The Morgan fingerprint density at radius 2 is 1.95 bits per heavy atom. The van der Waals surface area contributed by atoms with Crippen LogP contribution in [0.2, 0.25) is 5.02 Å². The van der Waals surface area contributed by atoms with Crippen molar-refractivity contribution < 1.29 is 4.74 Å². The lowest BCUT2D eigenvalue weighted by molar-refractivity contribution is 0.476. The van der Waals surface area contributed by atoms with Crippen molar-refractivity contribution in [2.75, 3.05) is 19.0 Å². The number of hydrogen-bond donors (Lipinski definition) is 1. The molecule has 2 aromatic carbocycles. The fourth-order valence-electron chi connectivity index (χ4n) is 1.74.